The third-order valence-electron chi connectivity index (χ3n) is 5.01. The summed E-state index contributed by atoms with van der Waals surface area (Å²) in [5.74, 6) is 2.06. The zero-order valence-electron chi connectivity index (χ0n) is 11.4. The first kappa shape index (κ1) is 12.9. The second-order valence-electron chi connectivity index (χ2n) is 6.00. The maximum atomic E-state index is 9.47. The van der Waals surface area contributed by atoms with Gasteiger partial charge >= 0.3 is 0 Å². The minimum Gasteiger partial charge on any atom is -0.396 e. The van der Waals surface area contributed by atoms with Gasteiger partial charge in [-0.1, -0.05) is 45.4 Å². The van der Waals surface area contributed by atoms with E-state index in [9.17, 15) is 5.11 Å². The van der Waals surface area contributed by atoms with Crippen molar-refractivity contribution in [3.63, 3.8) is 0 Å². The predicted molar refractivity (Wildman–Crippen MR) is 72.7 cm³/mol. The van der Waals surface area contributed by atoms with E-state index in [1.807, 2.05) is 0 Å². The molecule has 0 radical (unpaired) electrons. The molecule has 17 heavy (non-hydrogen) atoms. The maximum Gasteiger partial charge on any atom is 0.0439 e. The van der Waals surface area contributed by atoms with Gasteiger partial charge in [0.1, 0.15) is 0 Å². The van der Waals surface area contributed by atoms with Crippen LogP contribution in [0.1, 0.15) is 46.5 Å². The number of hydrogen-bond donors (Lipinski definition) is 1. The van der Waals surface area contributed by atoms with Crippen molar-refractivity contribution in [1.29, 1.82) is 0 Å². The molecule has 1 N–H and O–H groups in total. The number of aliphatic hydroxyl groups excluding tert-OH is 1. The van der Waals surface area contributed by atoms with E-state index >= 15 is 0 Å². The van der Waals surface area contributed by atoms with E-state index in [4.69, 9.17) is 0 Å². The normalized spacial score (nSPS) is 40.9. The first-order valence-electron chi connectivity index (χ1n) is 7.15. The molecule has 0 aliphatic heterocycles. The fourth-order valence-corrected chi connectivity index (χ4v) is 4.12. The van der Waals surface area contributed by atoms with Crippen LogP contribution in [-0.4, -0.2) is 11.7 Å². The van der Waals surface area contributed by atoms with Crippen LogP contribution in [0.25, 0.3) is 0 Å². The monoisotopic (exact) mass is 234 g/mol. The molecule has 2 unspecified atom stereocenters. The van der Waals surface area contributed by atoms with E-state index in [2.05, 4.69) is 39.0 Å². The summed E-state index contributed by atoms with van der Waals surface area (Å²) in [5.41, 5.74) is 1.78. The maximum absolute atomic E-state index is 9.47. The topological polar surface area (TPSA) is 20.2 Å². The Kier molecular flexibility index (Phi) is 3.77. The second kappa shape index (κ2) is 4.97. The van der Waals surface area contributed by atoms with E-state index in [-0.39, 0.29) is 5.41 Å². The van der Waals surface area contributed by atoms with E-state index in [1.54, 1.807) is 0 Å². The van der Waals surface area contributed by atoms with Gasteiger partial charge < -0.3 is 5.11 Å². The number of aliphatic hydroxyl groups is 1. The summed E-state index contributed by atoms with van der Waals surface area (Å²) >= 11 is 0. The van der Waals surface area contributed by atoms with Crippen molar-refractivity contribution in [3.8, 4) is 0 Å². The highest BCUT2D eigenvalue weighted by Gasteiger charge is 2.45. The van der Waals surface area contributed by atoms with Gasteiger partial charge in [-0.2, -0.15) is 0 Å². The lowest BCUT2D eigenvalue weighted by Crippen LogP contribution is -2.40. The second-order valence-corrected chi connectivity index (χ2v) is 6.00. The van der Waals surface area contributed by atoms with E-state index in [0.717, 1.165) is 6.42 Å². The fraction of sp³-hybridized carbons (Fsp3) is 0.750. The highest BCUT2D eigenvalue weighted by Crippen LogP contribution is 2.54. The first-order chi connectivity index (χ1) is 8.14. The molecule has 1 heteroatoms. The minimum atomic E-state index is 0.268. The van der Waals surface area contributed by atoms with Crippen LogP contribution in [0, 0.1) is 23.2 Å². The van der Waals surface area contributed by atoms with Crippen molar-refractivity contribution < 1.29 is 5.11 Å². The number of fused-ring (bicyclic) bond motifs is 1. The van der Waals surface area contributed by atoms with Gasteiger partial charge in [0.25, 0.3) is 0 Å². The van der Waals surface area contributed by atoms with E-state index in [1.165, 1.54) is 24.8 Å². The molecule has 2 aliphatic carbocycles. The fourth-order valence-electron chi connectivity index (χ4n) is 4.12. The van der Waals surface area contributed by atoms with Crippen molar-refractivity contribution in [2.75, 3.05) is 6.61 Å². The number of allylic oxidation sites excluding steroid dienone is 4. The van der Waals surface area contributed by atoms with Gasteiger partial charge in [0.05, 0.1) is 0 Å². The molecule has 2 rings (SSSR count). The lowest BCUT2D eigenvalue weighted by Gasteiger charge is -2.49. The molecular weight excluding hydrogens is 208 g/mol. The molecule has 96 valence electrons. The summed E-state index contributed by atoms with van der Waals surface area (Å²) in [6.07, 6.45) is 11.9. The van der Waals surface area contributed by atoms with Crippen LogP contribution in [0.15, 0.2) is 23.8 Å². The summed E-state index contributed by atoms with van der Waals surface area (Å²) in [4.78, 5) is 0. The Morgan fingerprint density at radius 3 is 2.82 bits per heavy atom. The Morgan fingerprint density at radius 2 is 2.18 bits per heavy atom. The zero-order chi connectivity index (χ0) is 12.5. The van der Waals surface area contributed by atoms with Crippen LogP contribution in [0.2, 0.25) is 0 Å². The Bertz CT molecular complexity index is 328. The van der Waals surface area contributed by atoms with Crippen LogP contribution in [0.3, 0.4) is 0 Å². The molecule has 4 atom stereocenters. The summed E-state index contributed by atoms with van der Waals surface area (Å²) in [6.45, 7) is 7.26. The van der Waals surface area contributed by atoms with Crippen molar-refractivity contribution >= 4 is 0 Å². The summed E-state index contributed by atoms with van der Waals surface area (Å²) in [6, 6.07) is 0. The lowest BCUT2D eigenvalue weighted by atomic mass is 9.55. The molecule has 0 amide bonds. The molecule has 0 bridgehead atoms. The van der Waals surface area contributed by atoms with E-state index < -0.39 is 0 Å². The molecule has 0 saturated carbocycles. The predicted octanol–water partition coefficient (Wildman–Crippen LogP) is 3.94. The van der Waals surface area contributed by atoms with Gasteiger partial charge in [0, 0.05) is 12.0 Å². The first-order valence-corrected chi connectivity index (χ1v) is 7.15. The van der Waals surface area contributed by atoms with Crippen LogP contribution in [0.5, 0.6) is 0 Å². The highest BCUT2D eigenvalue weighted by atomic mass is 16.3. The third kappa shape index (κ3) is 2.10. The Labute approximate surface area is 106 Å². The van der Waals surface area contributed by atoms with Gasteiger partial charge in [0.2, 0.25) is 0 Å². The Balaban J connectivity index is 2.42. The quantitative estimate of drug-likeness (QED) is 0.784. The molecule has 0 saturated heterocycles. The van der Waals surface area contributed by atoms with E-state index in [0.29, 0.717) is 24.4 Å². The van der Waals surface area contributed by atoms with Crippen molar-refractivity contribution in [3.05, 3.63) is 23.8 Å². The zero-order valence-corrected chi connectivity index (χ0v) is 11.4. The lowest BCUT2D eigenvalue weighted by molar-refractivity contribution is 0.0891. The Hall–Kier alpha value is -0.560. The molecule has 0 fully saturated rings. The average Bonchev–Trinajstić information content (AvgIpc) is 2.31. The molecule has 0 heterocycles. The molecule has 1 nitrogen and oxygen atoms in total. The summed E-state index contributed by atoms with van der Waals surface area (Å²) < 4.78 is 0. The van der Waals surface area contributed by atoms with Crippen molar-refractivity contribution in [1.82, 2.24) is 0 Å². The molecule has 0 aromatic rings. The number of hydrogen-bond acceptors (Lipinski definition) is 1. The van der Waals surface area contributed by atoms with Crippen molar-refractivity contribution in [2.45, 2.75) is 46.5 Å². The van der Waals surface area contributed by atoms with Crippen LogP contribution in [-0.2, 0) is 0 Å². The largest absolute Gasteiger partial charge is 0.396 e. The molecular formula is C16H26O. The molecule has 0 aromatic carbocycles. The van der Waals surface area contributed by atoms with Crippen LogP contribution in [0.4, 0.5) is 0 Å². The highest BCUT2D eigenvalue weighted by molar-refractivity contribution is 5.35. The van der Waals surface area contributed by atoms with Crippen LogP contribution >= 0.6 is 0 Å². The SMILES string of the molecule is CC[C@H]1[C@@H](C)C=CC2=CC(C)CCC21CCO. The van der Waals surface area contributed by atoms with Crippen LogP contribution < -0.4 is 0 Å². The van der Waals surface area contributed by atoms with Gasteiger partial charge in [-0.15, -0.1) is 0 Å². The van der Waals surface area contributed by atoms with Crippen molar-refractivity contribution in [2.24, 2.45) is 23.2 Å². The third-order valence-corrected chi connectivity index (χ3v) is 5.01. The van der Waals surface area contributed by atoms with Gasteiger partial charge in [0.15, 0.2) is 0 Å². The molecule has 2 aliphatic rings. The standard InChI is InChI=1S/C16H26O/c1-4-15-13(3)5-6-14-11-12(2)7-8-16(14,15)9-10-17/h5-6,11-13,15,17H,4,7-10H2,1-3H3/t12?,13-,15-,16?/m0/s1. The minimum absolute atomic E-state index is 0.268. The molecule has 0 aromatic heterocycles. The van der Waals surface area contributed by atoms with Gasteiger partial charge in [-0.25, -0.2) is 0 Å². The average molecular weight is 234 g/mol. The Morgan fingerprint density at radius 1 is 1.41 bits per heavy atom. The number of rotatable bonds is 3. The van der Waals surface area contributed by atoms with Gasteiger partial charge in [-0.3, -0.25) is 0 Å². The summed E-state index contributed by atoms with van der Waals surface area (Å²) in [7, 11) is 0. The smallest absolute Gasteiger partial charge is 0.0439 e. The van der Waals surface area contributed by atoms with Gasteiger partial charge in [-0.05, 0) is 42.6 Å². The molecule has 0 spiro atoms. The summed E-state index contributed by atoms with van der Waals surface area (Å²) in [5, 5.41) is 9.47.